The van der Waals surface area contributed by atoms with Crippen molar-refractivity contribution in [3.63, 3.8) is 0 Å². The molecule has 0 spiro atoms. The Balaban J connectivity index is 1.87. The van der Waals surface area contributed by atoms with Crippen LogP contribution in [0.2, 0.25) is 0 Å². The Hall–Kier alpha value is -3.76. The van der Waals surface area contributed by atoms with Crippen LogP contribution < -0.4 is 5.73 Å². The maximum absolute atomic E-state index is 10.8. The summed E-state index contributed by atoms with van der Waals surface area (Å²) in [4.78, 5) is 11.2. The van der Waals surface area contributed by atoms with Crippen LogP contribution in [0, 0.1) is 10.1 Å². The van der Waals surface area contributed by atoms with Gasteiger partial charge in [-0.25, -0.2) is 0 Å². The van der Waals surface area contributed by atoms with Crippen LogP contribution in [0.4, 0.5) is 11.6 Å². The number of aromatic nitrogens is 4. The lowest BCUT2D eigenvalue weighted by Gasteiger charge is -1.99. The fourth-order valence-corrected chi connectivity index (χ4v) is 1.78. The second-order valence-electron chi connectivity index (χ2n) is 4.33. The van der Waals surface area contributed by atoms with Gasteiger partial charge in [0.1, 0.15) is 11.5 Å². The van der Waals surface area contributed by atoms with Gasteiger partial charge in [0.15, 0.2) is 5.75 Å². The van der Waals surface area contributed by atoms with Crippen molar-refractivity contribution < 1.29 is 14.4 Å². The van der Waals surface area contributed by atoms with Gasteiger partial charge in [-0.2, -0.15) is 5.10 Å². The number of nitro groups is 1. The van der Waals surface area contributed by atoms with Crippen molar-refractivity contribution in [1.29, 1.82) is 0 Å². The Kier molecular flexibility index (Phi) is 3.43. The summed E-state index contributed by atoms with van der Waals surface area (Å²) in [5.41, 5.74) is 5.49. The zero-order valence-corrected chi connectivity index (χ0v) is 11.4. The van der Waals surface area contributed by atoms with Crippen molar-refractivity contribution in [3.8, 4) is 17.1 Å². The van der Waals surface area contributed by atoms with E-state index in [2.05, 4.69) is 20.6 Å². The average Bonchev–Trinajstić information content (AvgIpc) is 3.14. The molecule has 0 fully saturated rings. The van der Waals surface area contributed by atoms with Crippen LogP contribution in [0.1, 0.15) is 5.76 Å². The predicted molar refractivity (Wildman–Crippen MR) is 77.7 cm³/mol. The summed E-state index contributed by atoms with van der Waals surface area (Å²) in [5, 5.41) is 34.5. The highest BCUT2D eigenvalue weighted by Gasteiger charge is 2.15. The first-order valence-electron chi connectivity index (χ1n) is 6.20. The van der Waals surface area contributed by atoms with E-state index in [-0.39, 0.29) is 5.95 Å². The number of nitrogen functional groups attached to an aromatic ring is 1. The number of hydrogen-bond acceptors (Lipinski definition) is 9. The number of hydrogen-bond donors (Lipinski definition) is 2. The van der Waals surface area contributed by atoms with Crippen molar-refractivity contribution >= 4 is 17.9 Å². The summed E-state index contributed by atoms with van der Waals surface area (Å²) in [6, 6.07) is 7.17. The monoisotopic (exact) mass is 315 g/mol. The normalized spacial score (nSPS) is 11.1. The third-order valence-corrected chi connectivity index (χ3v) is 2.85. The van der Waals surface area contributed by atoms with Gasteiger partial charge < -0.3 is 15.3 Å². The SMILES string of the molecule is Nc1nnnn1/N=C\c1ccc(-c2ccc(O)c([N+](=O)[O-])c2)o1. The maximum Gasteiger partial charge on any atom is 0.311 e. The second-order valence-corrected chi connectivity index (χ2v) is 4.33. The summed E-state index contributed by atoms with van der Waals surface area (Å²) in [7, 11) is 0. The van der Waals surface area contributed by atoms with Gasteiger partial charge in [-0.15, -0.1) is 0 Å². The number of rotatable bonds is 4. The summed E-state index contributed by atoms with van der Waals surface area (Å²) >= 11 is 0. The number of anilines is 1. The van der Waals surface area contributed by atoms with E-state index in [4.69, 9.17) is 10.2 Å². The molecule has 23 heavy (non-hydrogen) atoms. The van der Waals surface area contributed by atoms with E-state index >= 15 is 0 Å². The number of phenols is 1. The lowest BCUT2D eigenvalue weighted by atomic mass is 10.1. The first-order valence-corrected chi connectivity index (χ1v) is 6.20. The fraction of sp³-hybridized carbons (Fsp3) is 0. The minimum Gasteiger partial charge on any atom is -0.502 e. The highest BCUT2D eigenvalue weighted by molar-refractivity contribution is 5.77. The first-order chi connectivity index (χ1) is 11.0. The Morgan fingerprint density at radius 1 is 1.39 bits per heavy atom. The number of nitrogens with two attached hydrogens (primary N) is 1. The van der Waals surface area contributed by atoms with E-state index in [1.54, 1.807) is 12.1 Å². The second kappa shape index (κ2) is 5.55. The van der Waals surface area contributed by atoms with E-state index in [1.165, 1.54) is 24.4 Å². The van der Waals surface area contributed by atoms with Gasteiger partial charge in [-0.1, -0.05) is 9.89 Å². The molecule has 0 aliphatic carbocycles. The van der Waals surface area contributed by atoms with Gasteiger partial charge in [0.2, 0.25) is 0 Å². The highest BCUT2D eigenvalue weighted by atomic mass is 16.6. The minimum absolute atomic E-state index is 0.0159. The molecule has 0 aliphatic rings. The number of nitrogens with zero attached hydrogens (tertiary/aromatic N) is 6. The van der Waals surface area contributed by atoms with E-state index in [0.29, 0.717) is 17.1 Å². The quantitative estimate of drug-likeness (QED) is 0.410. The van der Waals surface area contributed by atoms with Crippen molar-refractivity contribution in [3.05, 3.63) is 46.2 Å². The van der Waals surface area contributed by atoms with Crippen LogP contribution in [-0.2, 0) is 0 Å². The van der Waals surface area contributed by atoms with Crippen LogP contribution in [-0.4, -0.2) is 36.6 Å². The van der Waals surface area contributed by atoms with Gasteiger partial charge in [0.25, 0.3) is 5.95 Å². The molecule has 0 amide bonds. The fourth-order valence-electron chi connectivity index (χ4n) is 1.78. The Morgan fingerprint density at radius 2 is 2.22 bits per heavy atom. The van der Waals surface area contributed by atoms with E-state index in [1.807, 2.05) is 0 Å². The number of furan rings is 1. The molecule has 0 saturated carbocycles. The van der Waals surface area contributed by atoms with Crippen LogP contribution in [0.25, 0.3) is 11.3 Å². The number of tetrazole rings is 1. The standard InChI is InChI=1S/C12H9N7O4/c13-12-15-16-17-18(12)14-6-8-2-4-11(23-8)7-1-3-10(20)9(5-7)19(21)22/h1-6,20H,(H2,13,15,17)/b14-6-. The van der Waals surface area contributed by atoms with Crippen LogP contribution in [0.3, 0.4) is 0 Å². The zero-order chi connectivity index (χ0) is 16.4. The average molecular weight is 315 g/mol. The molecule has 3 aromatic rings. The van der Waals surface area contributed by atoms with Gasteiger partial charge >= 0.3 is 5.69 Å². The zero-order valence-electron chi connectivity index (χ0n) is 11.4. The third-order valence-electron chi connectivity index (χ3n) is 2.85. The highest BCUT2D eigenvalue weighted by Crippen LogP contribution is 2.31. The van der Waals surface area contributed by atoms with E-state index in [0.717, 1.165) is 4.79 Å². The maximum atomic E-state index is 10.8. The number of aromatic hydroxyl groups is 1. The third kappa shape index (κ3) is 2.83. The molecule has 3 N–H and O–H groups in total. The molecule has 11 heteroatoms. The largest absolute Gasteiger partial charge is 0.502 e. The first kappa shape index (κ1) is 14.2. The van der Waals surface area contributed by atoms with Gasteiger partial charge in [-0.3, -0.25) is 10.1 Å². The summed E-state index contributed by atoms with van der Waals surface area (Å²) in [5.74, 6) is 0.341. The topological polar surface area (TPSA) is 158 Å². The molecule has 0 aliphatic heterocycles. The predicted octanol–water partition coefficient (Wildman–Crippen LogP) is 1.01. The molecule has 0 bridgehead atoms. The molecular weight excluding hydrogens is 306 g/mol. The molecule has 11 nitrogen and oxygen atoms in total. The smallest absolute Gasteiger partial charge is 0.311 e. The minimum atomic E-state index is -0.676. The van der Waals surface area contributed by atoms with Crippen molar-refractivity contribution in [2.75, 3.05) is 5.73 Å². The molecule has 1 aromatic carbocycles. The van der Waals surface area contributed by atoms with Crippen LogP contribution in [0.15, 0.2) is 39.9 Å². The number of phenolic OH excluding ortho intramolecular Hbond substituents is 1. The number of benzene rings is 1. The van der Waals surface area contributed by atoms with Gasteiger partial charge in [0, 0.05) is 11.6 Å². The number of nitro benzene ring substituents is 1. The van der Waals surface area contributed by atoms with E-state index < -0.39 is 16.4 Å². The molecule has 0 radical (unpaired) electrons. The molecular formula is C12H9N7O4. The molecule has 3 rings (SSSR count). The molecule has 0 atom stereocenters. The van der Waals surface area contributed by atoms with Crippen molar-refractivity contribution in [2.24, 2.45) is 5.10 Å². The van der Waals surface area contributed by atoms with Crippen molar-refractivity contribution in [1.82, 2.24) is 20.3 Å². The van der Waals surface area contributed by atoms with Gasteiger partial charge in [-0.05, 0) is 34.7 Å². The summed E-state index contributed by atoms with van der Waals surface area (Å²) in [6.45, 7) is 0. The van der Waals surface area contributed by atoms with Crippen LogP contribution in [0.5, 0.6) is 5.75 Å². The Labute approximate surface area is 127 Å². The summed E-state index contributed by atoms with van der Waals surface area (Å²) < 4.78 is 5.51. The molecule has 2 aromatic heterocycles. The van der Waals surface area contributed by atoms with Crippen LogP contribution >= 0.6 is 0 Å². The van der Waals surface area contributed by atoms with E-state index in [9.17, 15) is 15.2 Å². The molecule has 0 unspecified atom stereocenters. The lowest BCUT2D eigenvalue weighted by molar-refractivity contribution is -0.385. The molecule has 0 saturated heterocycles. The molecule has 2 heterocycles. The van der Waals surface area contributed by atoms with Gasteiger partial charge in [0.05, 0.1) is 11.1 Å². The lowest BCUT2D eigenvalue weighted by Crippen LogP contribution is -1.99. The molecule has 116 valence electrons. The Bertz CT molecular complexity index is 898. The summed E-state index contributed by atoms with van der Waals surface area (Å²) in [6.07, 6.45) is 1.34. The van der Waals surface area contributed by atoms with Crippen molar-refractivity contribution in [2.45, 2.75) is 0 Å². The Morgan fingerprint density at radius 3 is 2.91 bits per heavy atom.